The zero-order chi connectivity index (χ0) is 16.5. The van der Waals surface area contributed by atoms with Gasteiger partial charge in [-0.2, -0.15) is 0 Å². The van der Waals surface area contributed by atoms with Gasteiger partial charge in [-0.1, -0.05) is 0 Å². The molecule has 2 aromatic rings. The van der Waals surface area contributed by atoms with Gasteiger partial charge >= 0.3 is 0 Å². The normalized spacial score (nSPS) is 25.0. The number of rotatable bonds is 4. The molecular formula is C19H24FN3O. The molecule has 2 fully saturated rings. The van der Waals surface area contributed by atoms with Crippen LogP contribution in [0.5, 0.6) is 0 Å². The predicted octanol–water partition coefficient (Wildman–Crippen LogP) is 2.80. The molecule has 4 rings (SSSR count). The van der Waals surface area contributed by atoms with E-state index in [9.17, 15) is 9.50 Å². The third kappa shape index (κ3) is 2.87. The van der Waals surface area contributed by atoms with Gasteiger partial charge in [0.2, 0.25) is 0 Å². The number of nitrogens with zero attached hydrogens (tertiary/aromatic N) is 3. The Morgan fingerprint density at radius 2 is 1.96 bits per heavy atom. The van der Waals surface area contributed by atoms with Gasteiger partial charge in [0.05, 0.1) is 12.1 Å². The molecule has 0 spiro atoms. The van der Waals surface area contributed by atoms with Crippen LogP contribution in [-0.4, -0.2) is 53.3 Å². The van der Waals surface area contributed by atoms with Crippen LogP contribution >= 0.6 is 0 Å². The van der Waals surface area contributed by atoms with Crippen LogP contribution in [-0.2, 0) is 0 Å². The largest absolute Gasteiger partial charge is 0.395 e. The summed E-state index contributed by atoms with van der Waals surface area (Å²) in [6.45, 7) is 3.36. The van der Waals surface area contributed by atoms with Gasteiger partial charge in [0.15, 0.2) is 0 Å². The SMILES string of the molecule is OCC1CCCN1CC1CCCN1c1ccnc2cc(F)ccc12. The Morgan fingerprint density at radius 1 is 1.12 bits per heavy atom. The second kappa shape index (κ2) is 6.65. The maximum absolute atomic E-state index is 13.5. The molecule has 0 radical (unpaired) electrons. The quantitative estimate of drug-likeness (QED) is 0.936. The lowest BCUT2D eigenvalue weighted by Gasteiger charge is -2.33. The van der Waals surface area contributed by atoms with Crippen LogP contribution in [0.25, 0.3) is 10.9 Å². The summed E-state index contributed by atoms with van der Waals surface area (Å²) in [4.78, 5) is 9.21. The second-order valence-corrected chi connectivity index (χ2v) is 6.95. The number of aromatic nitrogens is 1. The molecule has 0 bridgehead atoms. The minimum atomic E-state index is -0.243. The van der Waals surface area contributed by atoms with Crippen LogP contribution in [0.15, 0.2) is 30.5 Å². The molecule has 2 aliphatic heterocycles. The van der Waals surface area contributed by atoms with Crippen molar-refractivity contribution in [3.63, 3.8) is 0 Å². The second-order valence-electron chi connectivity index (χ2n) is 6.95. The minimum absolute atomic E-state index is 0.243. The van der Waals surface area contributed by atoms with Crippen molar-refractivity contribution in [2.45, 2.75) is 37.8 Å². The minimum Gasteiger partial charge on any atom is -0.395 e. The molecule has 5 heteroatoms. The molecule has 128 valence electrons. The lowest BCUT2D eigenvalue weighted by molar-refractivity contribution is 0.153. The smallest absolute Gasteiger partial charge is 0.125 e. The first-order valence-corrected chi connectivity index (χ1v) is 8.92. The highest BCUT2D eigenvalue weighted by atomic mass is 19.1. The van der Waals surface area contributed by atoms with Crippen LogP contribution in [0.3, 0.4) is 0 Å². The maximum Gasteiger partial charge on any atom is 0.125 e. The van der Waals surface area contributed by atoms with E-state index >= 15 is 0 Å². The molecule has 2 atom stereocenters. The van der Waals surface area contributed by atoms with Gasteiger partial charge in [0.1, 0.15) is 5.82 Å². The zero-order valence-electron chi connectivity index (χ0n) is 13.9. The molecule has 24 heavy (non-hydrogen) atoms. The number of hydrogen-bond acceptors (Lipinski definition) is 4. The van der Waals surface area contributed by atoms with E-state index in [1.54, 1.807) is 6.20 Å². The maximum atomic E-state index is 13.5. The van der Waals surface area contributed by atoms with E-state index in [0.717, 1.165) is 37.1 Å². The van der Waals surface area contributed by atoms with Crippen molar-refractivity contribution in [2.24, 2.45) is 0 Å². The summed E-state index contributed by atoms with van der Waals surface area (Å²) in [5, 5.41) is 10.6. The van der Waals surface area contributed by atoms with Crippen molar-refractivity contribution in [1.29, 1.82) is 0 Å². The van der Waals surface area contributed by atoms with E-state index < -0.39 is 0 Å². The van der Waals surface area contributed by atoms with Crippen LogP contribution in [0.4, 0.5) is 10.1 Å². The van der Waals surface area contributed by atoms with Gasteiger partial charge in [-0.15, -0.1) is 0 Å². The molecule has 4 nitrogen and oxygen atoms in total. The first kappa shape index (κ1) is 15.8. The average molecular weight is 329 g/mol. The van der Waals surface area contributed by atoms with E-state index in [-0.39, 0.29) is 12.4 Å². The first-order chi connectivity index (χ1) is 11.8. The van der Waals surface area contributed by atoms with E-state index in [1.165, 1.54) is 31.4 Å². The molecular weight excluding hydrogens is 305 g/mol. The molecule has 1 aromatic heterocycles. The summed E-state index contributed by atoms with van der Waals surface area (Å²) in [6, 6.07) is 7.68. The summed E-state index contributed by atoms with van der Waals surface area (Å²) in [5.41, 5.74) is 1.87. The molecule has 2 saturated heterocycles. The van der Waals surface area contributed by atoms with Crippen LogP contribution in [0, 0.1) is 5.82 Å². The van der Waals surface area contributed by atoms with Gasteiger partial charge in [0, 0.05) is 48.5 Å². The molecule has 2 aliphatic rings. The Morgan fingerprint density at radius 3 is 2.83 bits per heavy atom. The Kier molecular flexibility index (Phi) is 4.37. The van der Waals surface area contributed by atoms with E-state index in [1.807, 2.05) is 12.1 Å². The fourth-order valence-electron chi connectivity index (χ4n) is 4.31. The van der Waals surface area contributed by atoms with Crippen molar-refractivity contribution in [2.75, 3.05) is 31.1 Å². The number of pyridine rings is 1. The van der Waals surface area contributed by atoms with E-state index in [0.29, 0.717) is 17.6 Å². The van der Waals surface area contributed by atoms with Crippen LogP contribution in [0.1, 0.15) is 25.7 Å². The Hall–Kier alpha value is -1.72. The van der Waals surface area contributed by atoms with E-state index in [2.05, 4.69) is 14.8 Å². The van der Waals surface area contributed by atoms with Crippen molar-refractivity contribution >= 4 is 16.6 Å². The van der Waals surface area contributed by atoms with Gasteiger partial charge in [-0.3, -0.25) is 9.88 Å². The van der Waals surface area contributed by atoms with Crippen molar-refractivity contribution in [3.8, 4) is 0 Å². The lowest BCUT2D eigenvalue weighted by atomic mass is 10.1. The average Bonchev–Trinajstić information content (AvgIpc) is 3.23. The van der Waals surface area contributed by atoms with Crippen molar-refractivity contribution in [3.05, 3.63) is 36.3 Å². The molecule has 1 N–H and O–H groups in total. The summed E-state index contributed by atoms with van der Waals surface area (Å²) < 4.78 is 13.5. The number of anilines is 1. The highest BCUT2D eigenvalue weighted by molar-refractivity contribution is 5.91. The van der Waals surface area contributed by atoms with Gasteiger partial charge in [-0.05, 0) is 50.4 Å². The number of benzene rings is 1. The molecule has 0 aliphatic carbocycles. The first-order valence-electron chi connectivity index (χ1n) is 8.92. The van der Waals surface area contributed by atoms with Gasteiger partial charge in [-0.25, -0.2) is 4.39 Å². The number of fused-ring (bicyclic) bond motifs is 1. The number of aliphatic hydroxyl groups excluding tert-OH is 1. The van der Waals surface area contributed by atoms with Gasteiger partial charge < -0.3 is 10.0 Å². The van der Waals surface area contributed by atoms with Crippen LogP contribution in [0.2, 0.25) is 0 Å². The highest BCUT2D eigenvalue weighted by Gasteiger charge is 2.31. The lowest BCUT2D eigenvalue weighted by Crippen LogP contribution is -2.43. The van der Waals surface area contributed by atoms with Gasteiger partial charge in [0.25, 0.3) is 0 Å². The molecule has 1 aromatic carbocycles. The summed E-state index contributed by atoms with van der Waals surface area (Å²) >= 11 is 0. The Balaban J connectivity index is 1.61. The van der Waals surface area contributed by atoms with Crippen molar-refractivity contribution < 1.29 is 9.50 Å². The standard InChI is InChI=1S/C19H24FN3O/c20-14-5-6-17-18(11-14)21-8-7-19(17)23-10-2-3-15(23)12-22-9-1-4-16(22)13-24/h5-8,11,15-16,24H,1-4,9-10,12-13H2. The summed E-state index contributed by atoms with van der Waals surface area (Å²) in [6.07, 6.45) is 6.39. The fourth-order valence-corrected chi connectivity index (χ4v) is 4.31. The monoisotopic (exact) mass is 329 g/mol. The molecule has 3 heterocycles. The van der Waals surface area contributed by atoms with Crippen molar-refractivity contribution in [1.82, 2.24) is 9.88 Å². The third-order valence-electron chi connectivity index (χ3n) is 5.52. The number of halogens is 1. The Labute approximate surface area is 141 Å². The highest BCUT2D eigenvalue weighted by Crippen LogP contribution is 2.32. The van der Waals surface area contributed by atoms with E-state index in [4.69, 9.17) is 0 Å². The fraction of sp³-hybridized carbons (Fsp3) is 0.526. The number of hydrogen-bond donors (Lipinski definition) is 1. The third-order valence-corrected chi connectivity index (χ3v) is 5.52. The molecule has 0 amide bonds. The summed E-state index contributed by atoms with van der Waals surface area (Å²) in [5.74, 6) is -0.243. The topological polar surface area (TPSA) is 39.6 Å². The van der Waals surface area contributed by atoms with Crippen LogP contribution < -0.4 is 4.90 Å². The summed E-state index contributed by atoms with van der Waals surface area (Å²) in [7, 11) is 0. The predicted molar refractivity (Wildman–Crippen MR) is 93.7 cm³/mol. The zero-order valence-corrected chi connectivity index (χ0v) is 13.9. The Bertz CT molecular complexity index is 723. The number of likely N-dealkylation sites (tertiary alicyclic amines) is 1. The molecule has 2 unspecified atom stereocenters. The number of aliphatic hydroxyl groups is 1. The molecule has 0 saturated carbocycles.